The van der Waals surface area contributed by atoms with Crippen molar-refractivity contribution in [3.05, 3.63) is 48.0 Å². The number of aromatic nitrogens is 2. The quantitative estimate of drug-likeness (QED) is 0.144. The molecule has 3 unspecified atom stereocenters. The first-order chi connectivity index (χ1) is 17.0. The van der Waals surface area contributed by atoms with Gasteiger partial charge in [0, 0.05) is 31.2 Å². The fourth-order valence-corrected chi connectivity index (χ4v) is 3.15. The van der Waals surface area contributed by atoms with Crippen molar-refractivity contribution in [2.75, 3.05) is 6.54 Å². The van der Waals surface area contributed by atoms with Crippen LogP contribution in [0, 0.1) is 0 Å². The third-order valence-corrected chi connectivity index (χ3v) is 5.04. The molecule has 2 rings (SSSR count). The molecule has 0 aliphatic carbocycles. The summed E-state index contributed by atoms with van der Waals surface area (Å²) >= 11 is 0. The van der Waals surface area contributed by atoms with E-state index in [1.165, 1.54) is 36.8 Å². The Morgan fingerprint density at radius 2 is 1.67 bits per heavy atom. The Labute approximate surface area is 205 Å². The molecule has 14 heteroatoms. The zero-order valence-electron chi connectivity index (χ0n) is 19.1. The van der Waals surface area contributed by atoms with Crippen molar-refractivity contribution in [1.29, 1.82) is 0 Å². The van der Waals surface area contributed by atoms with Crippen molar-refractivity contribution in [1.82, 2.24) is 25.9 Å². The molecule has 1 aromatic carbocycles. The molecule has 36 heavy (non-hydrogen) atoms. The van der Waals surface area contributed by atoms with Gasteiger partial charge in [0.05, 0.1) is 18.9 Å². The Hall–Kier alpha value is -4.46. The van der Waals surface area contributed by atoms with Crippen LogP contribution in [0.15, 0.2) is 36.8 Å². The molecule has 0 aliphatic heterocycles. The minimum Gasteiger partial charge on any atom is -0.508 e. The number of aromatic amines is 1. The number of aliphatic carboxylic acids is 2. The highest BCUT2D eigenvalue weighted by molar-refractivity contribution is 5.92. The SMILES string of the molecule is NC(Cc1cnc[nH]1)C(=O)NC(CCC(=O)O)C(=O)NCC(=O)NC(Cc1ccc(O)cc1)C(=O)O. The summed E-state index contributed by atoms with van der Waals surface area (Å²) in [5.74, 6) is -4.85. The van der Waals surface area contributed by atoms with E-state index in [0.29, 0.717) is 11.3 Å². The third-order valence-electron chi connectivity index (χ3n) is 5.04. The van der Waals surface area contributed by atoms with Gasteiger partial charge in [-0.15, -0.1) is 0 Å². The maximum Gasteiger partial charge on any atom is 0.326 e. The minimum atomic E-state index is -1.30. The predicted molar refractivity (Wildman–Crippen MR) is 123 cm³/mol. The van der Waals surface area contributed by atoms with E-state index in [1.807, 2.05) is 0 Å². The summed E-state index contributed by atoms with van der Waals surface area (Å²) in [6, 6.07) is 2.12. The first kappa shape index (κ1) is 27.8. The normalized spacial score (nSPS) is 13.1. The van der Waals surface area contributed by atoms with Crippen LogP contribution in [-0.4, -0.2) is 79.6 Å². The number of phenols is 1. The number of amides is 3. The van der Waals surface area contributed by atoms with Crippen LogP contribution in [0.2, 0.25) is 0 Å². The number of hydrogen-bond donors (Lipinski definition) is 8. The van der Waals surface area contributed by atoms with Gasteiger partial charge in [0.1, 0.15) is 17.8 Å². The number of nitrogens with zero attached hydrogens (tertiary/aromatic N) is 1. The summed E-state index contributed by atoms with van der Waals surface area (Å²) in [6.45, 7) is -0.613. The van der Waals surface area contributed by atoms with Crippen LogP contribution in [0.4, 0.5) is 0 Å². The lowest BCUT2D eigenvalue weighted by molar-refractivity contribution is -0.141. The second kappa shape index (κ2) is 13.4. The Balaban J connectivity index is 1.93. The van der Waals surface area contributed by atoms with E-state index in [-0.39, 0.29) is 25.0 Å². The molecule has 1 heterocycles. The van der Waals surface area contributed by atoms with Crippen molar-refractivity contribution in [3.63, 3.8) is 0 Å². The smallest absolute Gasteiger partial charge is 0.326 e. The molecule has 2 aromatic rings. The molecule has 1 aromatic heterocycles. The van der Waals surface area contributed by atoms with Crippen LogP contribution >= 0.6 is 0 Å². The van der Waals surface area contributed by atoms with Crippen molar-refractivity contribution in [2.24, 2.45) is 5.73 Å². The van der Waals surface area contributed by atoms with Crippen LogP contribution in [0.25, 0.3) is 0 Å². The minimum absolute atomic E-state index is 0.00387. The lowest BCUT2D eigenvalue weighted by Crippen LogP contribution is -2.54. The van der Waals surface area contributed by atoms with Gasteiger partial charge in [0.25, 0.3) is 0 Å². The summed E-state index contributed by atoms with van der Waals surface area (Å²) in [6.07, 6.45) is 2.22. The van der Waals surface area contributed by atoms with Gasteiger partial charge in [0.15, 0.2) is 0 Å². The van der Waals surface area contributed by atoms with Gasteiger partial charge >= 0.3 is 11.9 Å². The average Bonchev–Trinajstić information content (AvgIpc) is 3.33. The number of nitrogens with two attached hydrogens (primary N) is 1. The molecular formula is C22H28N6O8. The lowest BCUT2D eigenvalue weighted by Gasteiger charge is -2.20. The fraction of sp³-hybridized carbons (Fsp3) is 0.364. The average molecular weight is 505 g/mol. The second-order valence-corrected chi connectivity index (χ2v) is 7.93. The maximum absolute atomic E-state index is 12.6. The van der Waals surface area contributed by atoms with E-state index in [4.69, 9.17) is 10.8 Å². The number of rotatable bonds is 14. The molecule has 0 radical (unpaired) electrons. The van der Waals surface area contributed by atoms with E-state index < -0.39 is 60.8 Å². The van der Waals surface area contributed by atoms with Crippen LogP contribution in [0.5, 0.6) is 5.75 Å². The van der Waals surface area contributed by atoms with Crippen LogP contribution in [0.1, 0.15) is 24.1 Å². The van der Waals surface area contributed by atoms with E-state index in [2.05, 4.69) is 25.9 Å². The molecule has 0 aliphatic rings. The van der Waals surface area contributed by atoms with E-state index in [1.54, 1.807) is 0 Å². The van der Waals surface area contributed by atoms with Gasteiger partial charge in [-0.25, -0.2) is 9.78 Å². The topological polar surface area (TPSA) is 237 Å². The highest BCUT2D eigenvalue weighted by atomic mass is 16.4. The zero-order valence-corrected chi connectivity index (χ0v) is 19.1. The monoisotopic (exact) mass is 504 g/mol. The standard InChI is InChI=1S/C22H28N6O8/c23-15(8-13-9-24-11-26-13)20(33)28-16(5-6-19(31)32)21(34)25-10-18(30)27-17(22(35)36)7-12-1-3-14(29)4-2-12/h1-4,9,11,15-17,29H,5-8,10,23H2,(H,24,26)(H,25,34)(H,27,30)(H,28,33)(H,31,32)(H,35,36). The molecule has 0 fully saturated rings. The first-order valence-corrected chi connectivity index (χ1v) is 10.9. The number of benzene rings is 1. The summed E-state index contributed by atoms with van der Waals surface area (Å²) < 4.78 is 0. The van der Waals surface area contributed by atoms with Gasteiger partial charge in [-0.1, -0.05) is 12.1 Å². The Kier molecular flexibility index (Phi) is 10.4. The number of carboxylic acids is 2. The molecule has 3 amide bonds. The predicted octanol–water partition coefficient (Wildman–Crippen LogP) is -1.74. The highest BCUT2D eigenvalue weighted by Gasteiger charge is 2.26. The number of aromatic hydroxyl groups is 1. The molecule has 0 saturated carbocycles. The van der Waals surface area contributed by atoms with Crippen LogP contribution in [-0.2, 0) is 36.8 Å². The third kappa shape index (κ3) is 9.42. The van der Waals surface area contributed by atoms with Crippen molar-refractivity contribution >= 4 is 29.7 Å². The molecule has 0 bridgehead atoms. The largest absolute Gasteiger partial charge is 0.508 e. The second-order valence-electron chi connectivity index (χ2n) is 7.93. The summed E-state index contributed by atoms with van der Waals surface area (Å²) in [5, 5.41) is 34.6. The Morgan fingerprint density at radius 1 is 0.972 bits per heavy atom. The molecule has 9 N–H and O–H groups in total. The molecule has 14 nitrogen and oxygen atoms in total. The Bertz CT molecular complexity index is 1060. The van der Waals surface area contributed by atoms with Crippen LogP contribution < -0.4 is 21.7 Å². The van der Waals surface area contributed by atoms with E-state index >= 15 is 0 Å². The summed E-state index contributed by atoms with van der Waals surface area (Å²) in [4.78, 5) is 66.4. The van der Waals surface area contributed by atoms with E-state index in [0.717, 1.165) is 0 Å². The van der Waals surface area contributed by atoms with Gasteiger partial charge in [-0.2, -0.15) is 0 Å². The van der Waals surface area contributed by atoms with Crippen molar-refractivity contribution in [3.8, 4) is 5.75 Å². The van der Waals surface area contributed by atoms with Gasteiger partial charge in [-0.3, -0.25) is 19.2 Å². The van der Waals surface area contributed by atoms with Gasteiger partial charge in [-0.05, 0) is 24.1 Å². The fourth-order valence-electron chi connectivity index (χ4n) is 3.15. The highest BCUT2D eigenvalue weighted by Crippen LogP contribution is 2.11. The van der Waals surface area contributed by atoms with Crippen LogP contribution in [0.3, 0.4) is 0 Å². The molecule has 0 saturated heterocycles. The number of carbonyl (C=O) groups is 5. The number of H-pyrrole nitrogens is 1. The number of nitrogens with one attached hydrogen (secondary N) is 4. The zero-order chi connectivity index (χ0) is 26.7. The number of carboxylic acid groups (broad SMARTS) is 2. The number of imidazole rings is 1. The first-order valence-electron chi connectivity index (χ1n) is 10.9. The Morgan fingerprint density at radius 3 is 2.25 bits per heavy atom. The van der Waals surface area contributed by atoms with Gasteiger partial charge in [0.2, 0.25) is 17.7 Å². The summed E-state index contributed by atoms with van der Waals surface area (Å²) in [7, 11) is 0. The molecule has 0 spiro atoms. The lowest BCUT2D eigenvalue weighted by atomic mass is 10.1. The molecule has 194 valence electrons. The maximum atomic E-state index is 12.6. The molecular weight excluding hydrogens is 476 g/mol. The summed E-state index contributed by atoms with van der Waals surface area (Å²) in [5.41, 5.74) is 6.98. The number of hydrogen-bond acceptors (Lipinski definition) is 8. The van der Waals surface area contributed by atoms with Gasteiger partial charge < -0.3 is 42.0 Å². The number of phenolic OH excluding ortho intramolecular Hbond substituents is 1. The van der Waals surface area contributed by atoms with Crippen molar-refractivity contribution in [2.45, 2.75) is 43.8 Å². The number of carbonyl (C=O) groups excluding carboxylic acids is 3. The van der Waals surface area contributed by atoms with E-state index in [9.17, 15) is 34.2 Å². The van der Waals surface area contributed by atoms with Crippen molar-refractivity contribution < 1.29 is 39.3 Å². The molecule has 3 atom stereocenters.